The Balaban J connectivity index is 0.000000515. The lowest BCUT2D eigenvalue weighted by Crippen LogP contribution is -1.82. The summed E-state index contributed by atoms with van der Waals surface area (Å²) < 4.78 is 29.0. The zero-order chi connectivity index (χ0) is 19.1. The molecule has 0 saturated heterocycles. The third-order valence-electron chi connectivity index (χ3n) is 3.98. The van der Waals surface area contributed by atoms with E-state index in [1.54, 1.807) is 11.3 Å². The average Bonchev–Trinajstić information content (AvgIpc) is 3.19. The van der Waals surface area contributed by atoms with Crippen LogP contribution in [-0.4, -0.2) is 6.68 Å². The average molecular weight is 417 g/mol. The highest BCUT2D eigenvalue weighted by Crippen LogP contribution is 2.37. The molecule has 0 aliphatic rings. The van der Waals surface area contributed by atoms with Crippen molar-refractivity contribution < 1.29 is 13.2 Å². The molecular formula is C23H19F3S2. The van der Waals surface area contributed by atoms with E-state index in [0.717, 1.165) is 0 Å². The summed E-state index contributed by atoms with van der Waals surface area (Å²) in [5, 5.41) is 2.24. The topological polar surface area (TPSA) is 0 Å². The Bertz CT molecular complexity index is 965. The Morgan fingerprint density at radius 2 is 1.04 bits per heavy atom. The summed E-state index contributed by atoms with van der Waals surface area (Å²) in [5.74, 6) is 0. The SMILES string of the molecule is FC(F)F.S.c1ccc(-c2csc(-c3ccccc3-c3ccccc3)c2)cc1. The third kappa shape index (κ3) is 5.75. The maximum atomic E-state index is 9.67. The predicted molar refractivity (Wildman–Crippen MR) is 118 cm³/mol. The number of alkyl halides is 3. The molecule has 144 valence electrons. The molecule has 4 rings (SSSR count). The van der Waals surface area contributed by atoms with Crippen LogP contribution in [0.4, 0.5) is 13.2 Å². The molecule has 28 heavy (non-hydrogen) atoms. The van der Waals surface area contributed by atoms with E-state index in [9.17, 15) is 13.2 Å². The van der Waals surface area contributed by atoms with Crippen LogP contribution in [0.15, 0.2) is 96.4 Å². The Hall–Kier alpha value is -2.50. The molecular weight excluding hydrogens is 397 g/mol. The maximum absolute atomic E-state index is 9.67. The van der Waals surface area contributed by atoms with Gasteiger partial charge in [0.1, 0.15) is 0 Å². The summed E-state index contributed by atoms with van der Waals surface area (Å²) in [7, 11) is 0. The number of rotatable bonds is 3. The first-order valence-electron chi connectivity index (χ1n) is 8.36. The Kier molecular flexibility index (Phi) is 8.36. The quantitative estimate of drug-likeness (QED) is 0.317. The molecule has 0 aliphatic heterocycles. The minimum Gasteiger partial charge on any atom is -0.197 e. The fourth-order valence-corrected chi connectivity index (χ4v) is 3.78. The lowest BCUT2D eigenvalue weighted by atomic mass is 9.98. The predicted octanol–water partition coefficient (Wildman–Crippen LogP) is 8.04. The van der Waals surface area contributed by atoms with E-state index in [1.807, 2.05) is 0 Å². The van der Waals surface area contributed by atoms with Crippen molar-refractivity contribution in [1.82, 2.24) is 0 Å². The fourth-order valence-electron chi connectivity index (χ4n) is 2.83. The first kappa shape index (κ1) is 21.8. The molecule has 0 unspecified atom stereocenters. The molecule has 0 radical (unpaired) electrons. The molecule has 1 heterocycles. The number of thiophene rings is 1. The molecule has 1 aromatic heterocycles. The van der Waals surface area contributed by atoms with Crippen molar-refractivity contribution >= 4 is 24.8 Å². The van der Waals surface area contributed by atoms with E-state index >= 15 is 0 Å². The van der Waals surface area contributed by atoms with Crippen LogP contribution in [0.5, 0.6) is 0 Å². The highest BCUT2D eigenvalue weighted by atomic mass is 32.1. The normalized spacial score (nSPS) is 10.0. The molecule has 0 aliphatic carbocycles. The second-order valence-corrected chi connectivity index (χ2v) is 6.64. The van der Waals surface area contributed by atoms with Gasteiger partial charge in [-0.15, -0.1) is 11.3 Å². The second-order valence-electron chi connectivity index (χ2n) is 5.72. The van der Waals surface area contributed by atoms with Gasteiger partial charge in [-0.1, -0.05) is 84.9 Å². The molecule has 0 amide bonds. The number of hydrogen-bond donors (Lipinski definition) is 0. The van der Waals surface area contributed by atoms with Crippen molar-refractivity contribution in [2.45, 2.75) is 6.68 Å². The lowest BCUT2D eigenvalue weighted by molar-refractivity contribution is 0.00819. The van der Waals surface area contributed by atoms with Crippen LogP contribution in [-0.2, 0) is 0 Å². The molecule has 0 saturated carbocycles. The van der Waals surface area contributed by atoms with E-state index in [0.29, 0.717) is 0 Å². The van der Waals surface area contributed by atoms with Crippen LogP contribution in [0.3, 0.4) is 0 Å². The first-order valence-corrected chi connectivity index (χ1v) is 9.24. The van der Waals surface area contributed by atoms with E-state index in [-0.39, 0.29) is 13.5 Å². The van der Waals surface area contributed by atoms with Crippen LogP contribution in [0, 0.1) is 0 Å². The van der Waals surface area contributed by atoms with Crippen LogP contribution >= 0.6 is 24.8 Å². The summed E-state index contributed by atoms with van der Waals surface area (Å²) >= 11 is 1.81. The zero-order valence-electron chi connectivity index (χ0n) is 14.9. The van der Waals surface area contributed by atoms with Gasteiger partial charge in [-0.25, -0.2) is 0 Å². The summed E-state index contributed by atoms with van der Waals surface area (Å²) in [6, 6.07) is 32.1. The van der Waals surface area contributed by atoms with Crippen molar-refractivity contribution in [2.24, 2.45) is 0 Å². The Morgan fingerprint density at radius 1 is 0.571 bits per heavy atom. The van der Waals surface area contributed by atoms with Crippen molar-refractivity contribution in [2.75, 3.05) is 0 Å². The molecule has 4 aromatic rings. The van der Waals surface area contributed by atoms with Gasteiger partial charge in [0.2, 0.25) is 0 Å². The smallest absolute Gasteiger partial charge is 0.197 e. The summed E-state index contributed by atoms with van der Waals surface area (Å²) in [4.78, 5) is 1.31. The van der Waals surface area contributed by atoms with Gasteiger partial charge in [-0.2, -0.15) is 26.7 Å². The summed E-state index contributed by atoms with van der Waals surface area (Å²) in [6.07, 6.45) is 0. The van der Waals surface area contributed by atoms with Crippen LogP contribution in [0.2, 0.25) is 0 Å². The molecule has 0 spiro atoms. The largest absolute Gasteiger partial charge is 0.379 e. The lowest BCUT2D eigenvalue weighted by Gasteiger charge is -2.08. The summed E-state index contributed by atoms with van der Waals surface area (Å²) in [6.45, 7) is -3.67. The van der Waals surface area contributed by atoms with Crippen LogP contribution < -0.4 is 0 Å². The molecule has 0 N–H and O–H groups in total. The van der Waals surface area contributed by atoms with Crippen LogP contribution in [0.1, 0.15) is 0 Å². The van der Waals surface area contributed by atoms with E-state index in [2.05, 4.69) is 96.4 Å². The minimum absolute atomic E-state index is 0. The van der Waals surface area contributed by atoms with Gasteiger partial charge in [-0.3, -0.25) is 0 Å². The highest BCUT2D eigenvalue weighted by Gasteiger charge is 2.09. The van der Waals surface area contributed by atoms with E-state index in [4.69, 9.17) is 0 Å². The van der Waals surface area contributed by atoms with Gasteiger partial charge in [0, 0.05) is 4.88 Å². The van der Waals surface area contributed by atoms with E-state index < -0.39 is 6.68 Å². The van der Waals surface area contributed by atoms with Gasteiger partial charge in [0.05, 0.1) is 0 Å². The second kappa shape index (κ2) is 10.7. The molecule has 0 atom stereocenters. The van der Waals surface area contributed by atoms with Crippen molar-refractivity contribution in [3.8, 4) is 32.7 Å². The van der Waals surface area contributed by atoms with Gasteiger partial charge >= 0.3 is 6.68 Å². The zero-order valence-corrected chi connectivity index (χ0v) is 16.7. The van der Waals surface area contributed by atoms with Gasteiger partial charge in [-0.05, 0) is 39.3 Å². The molecule has 0 fully saturated rings. The Labute approximate surface area is 173 Å². The number of hydrogen-bond acceptors (Lipinski definition) is 1. The van der Waals surface area contributed by atoms with E-state index in [1.165, 1.54) is 32.7 Å². The maximum Gasteiger partial charge on any atom is 0.379 e. The van der Waals surface area contributed by atoms with Crippen molar-refractivity contribution in [1.29, 1.82) is 0 Å². The Morgan fingerprint density at radius 3 is 1.61 bits per heavy atom. The monoisotopic (exact) mass is 416 g/mol. The molecule has 5 heteroatoms. The van der Waals surface area contributed by atoms with Crippen LogP contribution in [0.25, 0.3) is 32.7 Å². The van der Waals surface area contributed by atoms with Crippen molar-refractivity contribution in [3.05, 3.63) is 96.4 Å². The van der Waals surface area contributed by atoms with Gasteiger partial charge in [0.25, 0.3) is 0 Å². The first-order chi connectivity index (χ1) is 13.1. The standard InChI is InChI=1S/C22H16S.CHF3.H2S/c1-3-9-17(10-4-1)19-15-22(23-16-19)21-14-8-7-13-20(21)18-11-5-2-6-12-18;2-1(3)4;/h1-16H;1H;1H2. The minimum atomic E-state index is -3.67. The highest BCUT2D eigenvalue weighted by molar-refractivity contribution is 7.59. The molecule has 3 aromatic carbocycles. The van der Waals surface area contributed by atoms with Gasteiger partial charge in [0.15, 0.2) is 0 Å². The fraction of sp³-hybridized carbons (Fsp3) is 0.0435. The van der Waals surface area contributed by atoms with Gasteiger partial charge < -0.3 is 0 Å². The molecule has 0 nitrogen and oxygen atoms in total. The van der Waals surface area contributed by atoms with Crippen molar-refractivity contribution in [3.63, 3.8) is 0 Å². The number of benzene rings is 3. The third-order valence-corrected chi connectivity index (χ3v) is 4.95. The molecule has 0 bridgehead atoms. The number of halogens is 3. The summed E-state index contributed by atoms with van der Waals surface area (Å²) in [5.41, 5.74) is 6.40.